The van der Waals surface area contributed by atoms with Crippen LogP contribution in [0.2, 0.25) is 0 Å². The van der Waals surface area contributed by atoms with Crippen LogP contribution < -0.4 is 0 Å². The highest BCUT2D eigenvalue weighted by molar-refractivity contribution is 6.24. The molecule has 0 aliphatic heterocycles. The van der Waals surface area contributed by atoms with Crippen molar-refractivity contribution in [1.82, 2.24) is 14.1 Å². The zero-order valence-electron chi connectivity index (χ0n) is 19.5. The van der Waals surface area contributed by atoms with Crippen molar-refractivity contribution in [3.8, 4) is 22.8 Å². The van der Waals surface area contributed by atoms with E-state index in [4.69, 9.17) is 4.98 Å². The molecule has 0 saturated heterocycles. The Morgan fingerprint density at radius 2 is 1.00 bits per heavy atom. The molecule has 0 N–H and O–H groups in total. The molecule has 168 valence electrons. The molecule has 0 aliphatic rings. The minimum Gasteiger partial charge on any atom is -0.309 e. The summed E-state index contributed by atoms with van der Waals surface area (Å²) in [4.78, 5) is 5.03. The van der Waals surface area contributed by atoms with Crippen LogP contribution >= 0.6 is 0 Å². The number of imidazole rings is 1. The summed E-state index contributed by atoms with van der Waals surface area (Å²) < 4.78 is 4.63. The lowest BCUT2D eigenvalue weighted by molar-refractivity contribution is 1.10. The zero-order chi connectivity index (χ0) is 23.6. The van der Waals surface area contributed by atoms with E-state index >= 15 is 0 Å². The van der Waals surface area contributed by atoms with Crippen LogP contribution in [-0.2, 0) is 0 Å². The molecule has 0 fully saturated rings. The molecule has 3 nitrogen and oxygen atoms in total. The van der Waals surface area contributed by atoms with Gasteiger partial charge in [0.15, 0.2) is 0 Å². The third kappa shape index (κ3) is 2.65. The standard InChI is InChI=1S/C33H21N3/c1-2-10-25(11-3-1)36-28-13-5-4-12-27(28)34-33(36)24-18-20-26(21-19-24)35-29-14-6-8-22-16-17-23-9-7-15-30(35)32(23)31(22)29/h1-21H. The maximum absolute atomic E-state index is 5.03. The first-order valence-corrected chi connectivity index (χ1v) is 12.2. The number of nitrogens with zero attached hydrogens (tertiary/aromatic N) is 3. The number of hydrogen-bond acceptors (Lipinski definition) is 1. The smallest absolute Gasteiger partial charge is 0.145 e. The van der Waals surface area contributed by atoms with Crippen molar-refractivity contribution in [2.45, 2.75) is 0 Å². The Balaban J connectivity index is 1.34. The largest absolute Gasteiger partial charge is 0.309 e. The summed E-state index contributed by atoms with van der Waals surface area (Å²) in [5, 5.41) is 5.23. The molecule has 0 spiro atoms. The van der Waals surface area contributed by atoms with Crippen LogP contribution in [0.3, 0.4) is 0 Å². The van der Waals surface area contributed by atoms with Crippen LogP contribution in [0.15, 0.2) is 127 Å². The fourth-order valence-corrected chi connectivity index (χ4v) is 5.72. The Morgan fingerprint density at radius 1 is 0.417 bits per heavy atom. The van der Waals surface area contributed by atoms with Gasteiger partial charge in [0.05, 0.1) is 22.1 Å². The monoisotopic (exact) mass is 459 g/mol. The minimum atomic E-state index is 0.947. The quantitative estimate of drug-likeness (QED) is 0.243. The molecule has 0 bridgehead atoms. The minimum absolute atomic E-state index is 0.947. The molecule has 0 radical (unpaired) electrons. The number of benzene rings is 6. The van der Waals surface area contributed by atoms with E-state index < -0.39 is 0 Å². The Morgan fingerprint density at radius 3 is 1.69 bits per heavy atom. The molecule has 0 aliphatic carbocycles. The number of fused-ring (bicyclic) bond motifs is 1. The summed E-state index contributed by atoms with van der Waals surface area (Å²) in [6, 6.07) is 45.2. The normalized spacial score (nSPS) is 11.9. The van der Waals surface area contributed by atoms with Crippen molar-refractivity contribution >= 4 is 43.6 Å². The first-order chi connectivity index (χ1) is 17.9. The Bertz CT molecular complexity index is 1960. The Labute approximate surface area is 207 Å². The predicted octanol–water partition coefficient (Wildman–Crippen LogP) is 8.38. The highest BCUT2D eigenvalue weighted by atomic mass is 15.1. The van der Waals surface area contributed by atoms with Gasteiger partial charge in [0.1, 0.15) is 5.82 Å². The number of rotatable bonds is 3. The number of hydrogen-bond donors (Lipinski definition) is 0. The molecule has 36 heavy (non-hydrogen) atoms. The molecule has 6 aromatic carbocycles. The zero-order valence-corrected chi connectivity index (χ0v) is 19.5. The van der Waals surface area contributed by atoms with Crippen molar-refractivity contribution in [2.24, 2.45) is 0 Å². The topological polar surface area (TPSA) is 22.8 Å². The molecular weight excluding hydrogens is 438 g/mol. The number of para-hydroxylation sites is 3. The van der Waals surface area contributed by atoms with E-state index in [1.54, 1.807) is 0 Å². The molecule has 0 unspecified atom stereocenters. The van der Waals surface area contributed by atoms with E-state index in [0.29, 0.717) is 0 Å². The van der Waals surface area contributed by atoms with Gasteiger partial charge in [0.25, 0.3) is 0 Å². The average Bonchev–Trinajstić information content (AvgIpc) is 3.50. The number of aromatic nitrogens is 3. The molecule has 2 aromatic heterocycles. The summed E-state index contributed by atoms with van der Waals surface area (Å²) >= 11 is 0. The van der Waals surface area contributed by atoms with Crippen LogP contribution in [0.1, 0.15) is 0 Å². The molecular formula is C33H21N3. The Kier molecular flexibility index (Phi) is 3.94. The van der Waals surface area contributed by atoms with Gasteiger partial charge >= 0.3 is 0 Å². The van der Waals surface area contributed by atoms with Crippen molar-refractivity contribution in [2.75, 3.05) is 0 Å². The Hall–Kier alpha value is -4.89. The van der Waals surface area contributed by atoms with E-state index in [0.717, 1.165) is 33.8 Å². The predicted molar refractivity (Wildman–Crippen MR) is 150 cm³/mol. The van der Waals surface area contributed by atoms with Crippen LogP contribution in [0.25, 0.3) is 66.4 Å². The molecule has 8 rings (SSSR count). The van der Waals surface area contributed by atoms with Gasteiger partial charge in [-0.15, -0.1) is 0 Å². The van der Waals surface area contributed by atoms with Crippen molar-refractivity contribution in [1.29, 1.82) is 0 Å². The lowest BCUT2D eigenvalue weighted by Gasteiger charge is -2.11. The summed E-state index contributed by atoms with van der Waals surface area (Å²) in [7, 11) is 0. The maximum Gasteiger partial charge on any atom is 0.145 e. The molecule has 0 atom stereocenters. The van der Waals surface area contributed by atoms with Crippen LogP contribution in [-0.4, -0.2) is 14.1 Å². The van der Waals surface area contributed by atoms with Gasteiger partial charge in [0, 0.05) is 27.7 Å². The van der Waals surface area contributed by atoms with E-state index in [2.05, 4.69) is 124 Å². The fraction of sp³-hybridized carbons (Fsp3) is 0. The van der Waals surface area contributed by atoms with Gasteiger partial charge in [-0.25, -0.2) is 4.98 Å². The van der Waals surface area contributed by atoms with Gasteiger partial charge in [-0.3, -0.25) is 4.57 Å². The second-order valence-corrected chi connectivity index (χ2v) is 9.29. The van der Waals surface area contributed by atoms with Crippen LogP contribution in [0.5, 0.6) is 0 Å². The highest BCUT2D eigenvalue weighted by Gasteiger charge is 2.17. The fourth-order valence-electron chi connectivity index (χ4n) is 5.72. The second kappa shape index (κ2) is 7.30. The van der Waals surface area contributed by atoms with Gasteiger partial charge in [-0.2, -0.15) is 0 Å². The SMILES string of the molecule is c1ccc(-n2c(-c3ccc(-n4c5cccc6ccc7cccc4c7c65)cc3)nc3ccccc32)cc1. The summed E-state index contributed by atoms with van der Waals surface area (Å²) in [6.07, 6.45) is 0. The van der Waals surface area contributed by atoms with E-state index in [1.807, 2.05) is 12.1 Å². The van der Waals surface area contributed by atoms with Crippen LogP contribution in [0.4, 0.5) is 0 Å². The summed E-state index contributed by atoms with van der Waals surface area (Å²) in [5.74, 6) is 0.947. The van der Waals surface area contributed by atoms with Crippen molar-refractivity contribution in [3.63, 3.8) is 0 Å². The maximum atomic E-state index is 5.03. The summed E-state index contributed by atoms with van der Waals surface area (Å²) in [5.41, 5.74) is 7.93. The van der Waals surface area contributed by atoms with Gasteiger partial charge in [0.2, 0.25) is 0 Å². The molecule has 2 heterocycles. The third-order valence-corrected chi connectivity index (χ3v) is 7.28. The lowest BCUT2D eigenvalue weighted by atomic mass is 10.0. The first kappa shape index (κ1) is 19.4. The van der Waals surface area contributed by atoms with Gasteiger partial charge in [-0.05, 0) is 71.4 Å². The average molecular weight is 460 g/mol. The first-order valence-electron chi connectivity index (χ1n) is 12.2. The van der Waals surface area contributed by atoms with E-state index in [9.17, 15) is 0 Å². The molecule has 0 amide bonds. The second-order valence-electron chi connectivity index (χ2n) is 9.29. The highest BCUT2D eigenvalue weighted by Crippen LogP contribution is 2.39. The van der Waals surface area contributed by atoms with Crippen molar-refractivity contribution < 1.29 is 0 Å². The third-order valence-electron chi connectivity index (χ3n) is 7.28. The molecule has 0 saturated carbocycles. The lowest BCUT2D eigenvalue weighted by Crippen LogP contribution is -1.98. The molecule has 8 aromatic rings. The van der Waals surface area contributed by atoms with E-state index in [-0.39, 0.29) is 0 Å². The van der Waals surface area contributed by atoms with Gasteiger partial charge in [-0.1, -0.05) is 66.7 Å². The van der Waals surface area contributed by atoms with Gasteiger partial charge < -0.3 is 4.57 Å². The van der Waals surface area contributed by atoms with E-state index in [1.165, 1.54) is 32.6 Å². The summed E-state index contributed by atoms with van der Waals surface area (Å²) in [6.45, 7) is 0. The van der Waals surface area contributed by atoms with Crippen molar-refractivity contribution in [3.05, 3.63) is 127 Å². The van der Waals surface area contributed by atoms with Crippen LogP contribution in [0, 0.1) is 0 Å². The molecule has 3 heteroatoms.